The molecule has 1 aliphatic carbocycles. The van der Waals surface area contributed by atoms with E-state index >= 15 is 0 Å². The molecule has 3 heterocycles. The van der Waals surface area contributed by atoms with E-state index in [-0.39, 0.29) is 30.5 Å². The third kappa shape index (κ3) is 2.13. The molecule has 152 valence electrons. The number of ether oxygens (including phenoxy) is 2. The van der Waals surface area contributed by atoms with E-state index in [4.69, 9.17) is 14.5 Å². The summed E-state index contributed by atoms with van der Waals surface area (Å²) >= 11 is 0. The standard InChI is InChI=1S/C23H26N2O4/c1-4-15-12-25-10-9-22-16-7-5-6-8-18(16)24-20(22)19(25)11-17(15)23(22,21(27)28-3)13-29-14(2)26/h4-8,17,19H,9-13H2,1-3H3/t17-,19-,22+,23-/m0/s1. The van der Waals surface area contributed by atoms with E-state index in [9.17, 15) is 9.59 Å². The maximum Gasteiger partial charge on any atom is 0.317 e. The molecule has 3 aliphatic heterocycles. The Balaban J connectivity index is 1.83. The molecule has 0 radical (unpaired) electrons. The molecule has 1 saturated carbocycles. The smallest absolute Gasteiger partial charge is 0.317 e. The van der Waals surface area contributed by atoms with Crippen molar-refractivity contribution in [3.63, 3.8) is 0 Å². The van der Waals surface area contributed by atoms with Crippen molar-refractivity contribution in [2.45, 2.75) is 38.1 Å². The zero-order valence-corrected chi connectivity index (χ0v) is 17.1. The van der Waals surface area contributed by atoms with Gasteiger partial charge in [0.15, 0.2) is 0 Å². The van der Waals surface area contributed by atoms with E-state index in [2.05, 4.69) is 17.0 Å². The molecule has 29 heavy (non-hydrogen) atoms. The summed E-state index contributed by atoms with van der Waals surface area (Å²) in [6.45, 7) is 5.13. The first-order chi connectivity index (χ1) is 14.0. The van der Waals surface area contributed by atoms with Gasteiger partial charge < -0.3 is 9.47 Å². The van der Waals surface area contributed by atoms with Gasteiger partial charge in [-0.05, 0) is 31.4 Å². The first-order valence-corrected chi connectivity index (χ1v) is 10.3. The second-order valence-corrected chi connectivity index (χ2v) is 8.55. The van der Waals surface area contributed by atoms with Gasteiger partial charge in [-0.2, -0.15) is 0 Å². The average molecular weight is 394 g/mol. The third-order valence-corrected chi connectivity index (χ3v) is 7.64. The van der Waals surface area contributed by atoms with Crippen LogP contribution >= 0.6 is 0 Å². The van der Waals surface area contributed by atoms with Crippen LogP contribution in [0.25, 0.3) is 0 Å². The Hall–Kier alpha value is -2.47. The Morgan fingerprint density at radius 1 is 1.34 bits per heavy atom. The fraction of sp³-hybridized carbons (Fsp3) is 0.522. The predicted octanol–water partition coefficient (Wildman–Crippen LogP) is 2.79. The molecule has 0 N–H and O–H groups in total. The molecule has 1 aromatic carbocycles. The number of allylic oxidation sites excluding steroid dienone is 1. The topological polar surface area (TPSA) is 68.2 Å². The number of nitrogens with zero attached hydrogens (tertiary/aromatic N) is 2. The third-order valence-electron chi connectivity index (χ3n) is 7.64. The van der Waals surface area contributed by atoms with Crippen LogP contribution in [0.15, 0.2) is 40.9 Å². The Morgan fingerprint density at radius 3 is 2.86 bits per heavy atom. The zero-order chi connectivity index (χ0) is 20.4. The Morgan fingerprint density at radius 2 is 2.14 bits per heavy atom. The maximum absolute atomic E-state index is 13.7. The number of piperidine rings is 2. The molecule has 6 nitrogen and oxygen atoms in total. The highest BCUT2D eigenvalue weighted by molar-refractivity contribution is 6.11. The largest absolute Gasteiger partial charge is 0.468 e. The lowest BCUT2D eigenvalue weighted by Gasteiger charge is -2.64. The molecular weight excluding hydrogens is 368 g/mol. The van der Waals surface area contributed by atoms with Crippen molar-refractivity contribution in [3.8, 4) is 0 Å². The monoisotopic (exact) mass is 394 g/mol. The summed E-state index contributed by atoms with van der Waals surface area (Å²) in [7, 11) is 1.44. The number of aliphatic imine (C=N–C) groups is 1. The summed E-state index contributed by atoms with van der Waals surface area (Å²) in [5.74, 6) is -0.737. The maximum atomic E-state index is 13.7. The lowest BCUT2D eigenvalue weighted by molar-refractivity contribution is -0.176. The number of para-hydroxylation sites is 1. The number of fused-ring (bicyclic) bond motifs is 2. The second-order valence-electron chi connectivity index (χ2n) is 8.55. The zero-order valence-electron chi connectivity index (χ0n) is 17.1. The summed E-state index contributed by atoms with van der Waals surface area (Å²) < 4.78 is 11.1. The van der Waals surface area contributed by atoms with Crippen LogP contribution in [0.5, 0.6) is 0 Å². The summed E-state index contributed by atoms with van der Waals surface area (Å²) in [6, 6.07) is 8.31. The van der Waals surface area contributed by atoms with E-state index in [0.717, 1.165) is 42.9 Å². The SMILES string of the molecule is CC=C1CN2CC[C@]34C(=Nc5ccccc53)[C@@H]2C[C@@H]1[C@@]4(COC(C)=O)C(=O)OC. The van der Waals surface area contributed by atoms with Gasteiger partial charge >= 0.3 is 11.9 Å². The highest BCUT2D eigenvalue weighted by Crippen LogP contribution is 2.66. The van der Waals surface area contributed by atoms with Crippen LogP contribution in [0.4, 0.5) is 5.69 Å². The first kappa shape index (κ1) is 18.6. The van der Waals surface area contributed by atoms with Crippen molar-refractivity contribution in [1.29, 1.82) is 0 Å². The molecule has 0 unspecified atom stereocenters. The van der Waals surface area contributed by atoms with Gasteiger partial charge in [-0.1, -0.05) is 29.8 Å². The number of rotatable bonds is 3. The Labute approximate surface area is 170 Å². The molecule has 3 bridgehead atoms. The number of esters is 2. The molecule has 2 saturated heterocycles. The molecule has 3 fully saturated rings. The average Bonchev–Trinajstić information content (AvgIpc) is 3.09. The van der Waals surface area contributed by atoms with Crippen LogP contribution in [0.2, 0.25) is 0 Å². The first-order valence-electron chi connectivity index (χ1n) is 10.3. The molecule has 5 rings (SSSR count). The quantitative estimate of drug-likeness (QED) is 0.583. The van der Waals surface area contributed by atoms with Crippen molar-refractivity contribution in [2.24, 2.45) is 16.3 Å². The van der Waals surface area contributed by atoms with Crippen LogP contribution in [-0.4, -0.2) is 55.4 Å². The van der Waals surface area contributed by atoms with Crippen LogP contribution in [0.1, 0.15) is 32.3 Å². The molecule has 0 amide bonds. The molecule has 4 aliphatic rings. The van der Waals surface area contributed by atoms with Gasteiger partial charge in [0.2, 0.25) is 0 Å². The van der Waals surface area contributed by atoms with Crippen LogP contribution < -0.4 is 0 Å². The lowest BCUT2D eigenvalue weighted by Crippen LogP contribution is -2.75. The van der Waals surface area contributed by atoms with Crippen molar-refractivity contribution < 1.29 is 19.1 Å². The van der Waals surface area contributed by atoms with Crippen LogP contribution in [0.3, 0.4) is 0 Å². The number of hydrogen-bond acceptors (Lipinski definition) is 6. The molecular formula is C23H26N2O4. The number of hydrogen-bond donors (Lipinski definition) is 0. The summed E-state index contributed by atoms with van der Waals surface area (Å²) in [5, 5.41) is 0. The molecule has 0 spiro atoms. The summed E-state index contributed by atoms with van der Waals surface area (Å²) in [6.07, 6.45) is 3.69. The minimum Gasteiger partial charge on any atom is -0.468 e. The van der Waals surface area contributed by atoms with Gasteiger partial charge in [-0.3, -0.25) is 19.5 Å². The van der Waals surface area contributed by atoms with E-state index in [1.807, 2.05) is 25.1 Å². The fourth-order valence-corrected chi connectivity index (χ4v) is 6.52. The van der Waals surface area contributed by atoms with Gasteiger partial charge in [-0.15, -0.1) is 0 Å². The van der Waals surface area contributed by atoms with Gasteiger partial charge in [0.25, 0.3) is 0 Å². The number of benzene rings is 1. The van der Waals surface area contributed by atoms with E-state index in [1.165, 1.54) is 19.6 Å². The van der Waals surface area contributed by atoms with E-state index < -0.39 is 10.8 Å². The van der Waals surface area contributed by atoms with Gasteiger partial charge in [0, 0.05) is 31.6 Å². The van der Waals surface area contributed by atoms with Crippen molar-refractivity contribution >= 4 is 23.3 Å². The molecule has 4 atom stereocenters. The minimum absolute atomic E-state index is 0.0110. The number of methoxy groups -OCH3 is 1. The number of carbonyl (C=O) groups excluding carboxylic acids is 2. The second kappa shape index (κ2) is 6.26. The Bertz CT molecular complexity index is 967. The Kier molecular flexibility index (Phi) is 4.01. The number of carbonyl (C=O) groups is 2. The van der Waals surface area contributed by atoms with Crippen molar-refractivity contribution in [1.82, 2.24) is 4.90 Å². The van der Waals surface area contributed by atoms with Gasteiger partial charge in [0.05, 0.1) is 24.3 Å². The fourth-order valence-electron chi connectivity index (χ4n) is 6.52. The summed E-state index contributed by atoms with van der Waals surface area (Å²) in [5.41, 5.74) is 2.65. The van der Waals surface area contributed by atoms with Gasteiger partial charge in [-0.25, -0.2) is 0 Å². The summed E-state index contributed by atoms with van der Waals surface area (Å²) in [4.78, 5) is 33.1. The highest BCUT2D eigenvalue weighted by Gasteiger charge is 2.74. The minimum atomic E-state index is -1.01. The predicted molar refractivity (Wildman–Crippen MR) is 108 cm³/mol. The van der Waals surface area contributed by atoms with E-state index in [1.54, 1.807) is 0 Å². The lowest BCUT2D eigenvalue weighted by atomic mass is 9.43. The molecule has 6 heteroatoms. The normalized spacial score (nSPS) is 35.7. The van der Waals surface area contributed by atoms with Crippen LogP contribution in [-0.2, 0) is 24.5 Å². The van der Waals surface area contributed by atoms with Crippen molar-refractivity contribution in [3.05, 3.63) is 41.5 Å². The molecule has 1 aromatic rings. The molecule has 0 aromatic heterocycles. The van der Waals surface area contributed by atoms with Gasteiger partial charge in [0.1, 0.15) is 12.0 Å². The van der Waals surface area contributed by atoms with Crippen LogP contribution in [0, 0.1) is 11.3 Å². The van der Waals surface area contributed by atoms with Crippen molar-refractivity contribution in [2.75, 3.05) is 26.8 Å². The highest BCUT2D eigenvalue weighted by atomic mass is 16.5. The van der Waals surface area contributed by atoms with E-state index in [0.29, 0.717) is 0 Å².